The highest BCUT2D eigenvalue weighted by atomic mass is 79.9. The van der Waals surface area contributed by atoms with Gasteiger partial charge in [-0.15, -0.1) is 0 Å². The van der Waals surface area contributed by atoms with E-state index in [9.17, 15) is 4.79 Å². The molecule has 4 nitrogen and oxygen atoms in total. The first-order chi connectivity index (χ1) is 8.33. The Bertz CT molecular complexity index is 438. The molecule has 102 valence electrons. The van der Waals surface area contributed by atoms with Crippen LogP contribution in [0, 0.1) is 0 Å². The van der Waals surface area contributed by atoms with Crippen LogP contribution in [0.2, 0.25) is 0 Å². The Hall–Kier alpha value is -0.680. The van der Waals surface area contributed by atoms with Gasteiger partial charge in [0.25, 0.3) is 0 Å². The van der Waals surface area contributed by atoms with Crippen molar-refractivity contribution in [2.45, 2.75) is 52.0 Å². The highest BCUT2D eigenvalue weighted by molar-refractivity contribution is 9.10. The molecule has 0 aliphatic heterocycles. The predicted molar refractivity (Wildman–Crippen MR) is 76.5 cm³/mol. The lowest BCUT2D eigenvalue weighted by atomic mass is 9.90. The molecule has 1 unspecified atom stereocenters. The average molecular weight is 316 g/mol. The van der Waals surface area contributed by atoms with Crippen LogP contribution in [0.4, 0.5) is 0 Å². The highest BCUT2D eigenvalue weighted by Gasteiger charge is 2.28. The molecule has 0 fully saturated rings. The summed E-state index contributed by atoms with van der Waals surface area (Å²) in [5.74, 6) is 0.0655. The van der Waals surface area contributed by atoms with Gasteiger partial charge in [0.2, 0.25) is 0 Å². The third-order valence-electron chi connectivity index (χ3n) is 3.24. The van der Waals surface area contributed by atoms with Gasteiger partial charge in [-0.2, -0.15) is 5.10 Å². The van der Waals surface area contributed by atoms with Crippen molar-refractivity contribution in [1.29, 1.82) is 0 Å². The van der Waals surface area contributed by atoms with Crippen LogP contribution in [0.3, 0.4) is 0 Å². The first-order valence-corrected chi connectivity index (χ1v) is 7.15. The third-order valence-corrected chi connectivity index (χ3v) is 4.15. The molecule has 0 spiro atoms. The maximum Gasteiger partial charge on any atom is 0.158 e. The van der Waals surface area contributed by atoms with E-state index in [0.29, 0.717) is 12.8 Å². The monoisotopic (exact) mass is 315 g/mol. The second-order valence-electron chi connectivity index (χ2n) is 4.95. The van der Waals surface area contributed by atoms with E-state index in [2.05, 4.69) is 21.0 Å². The lowest BCUT2D eigenvalue weighted by molar-refractivity contribution is -0.123. The predicted octanol–water partition coefficient (Wildman–Crippen LogP) is 2.37. The Morgan fingerprint density at radius 1 is 1.50 bits per heavy atom. The molecule has 0 radical (unpaired) electrons. The Balaban J connectivity index is 2.92. The Morgan fingerprint density at radius 3 is 2.56 bits per heavy atom. The van der Waals surface area contributed by atoms with Crippen LogP contribution in [0.5, 0.6) is 0 Å². The lowest BCUT2D eigenvalue weighted by Gasteiger charge is -2.22. The maximum absolute atomic E-state index is 12.2. The fourth-order valence-electron chi connectivity index (χ4n) is 2.02. The van der Waals surface area contributed by atoms with Crippen molar-refractivity contribution in [2.75, 3.05) is 0 Å². The van der Waals surface area contributed by atoms with E-state index in [1.54, 1.807) is 4.68 Å². The molecule has 1 rings (SSSR count). The number of nitrogens with two attached hydrogens (primary N) is 1. The van der Waals surface area contributed by atoms with Crippen LogP contribution in [0.1, 0.15) is 45.0 Å². The second kappa shape index (κ2) is 5.97. The molecule has 0 aliphatic rings. The van der Waals surface area contributed by atoms with Crippen molar-refractivity contribution in [3.63, 3.8) is 0 Å². The molecule has 0 saturated heterocycles. The zero-order chi connectivity index (χ0) is 13.9. The van der Waals surface area contributed by atoms with Crippen LogP contribution in [-0.4, -0.2) is 21.1 Å². The lowest BCUT2D eigenvalue weighted by Crippen LogP contribution is -2.45. The summed E-state index contributed by atoms with van der Waals surface area (Å²) < 4.78 is 2.70. The fourth-order valence-corrected chi connectivity index (χ4v) is 2.78. The van der Waals surface area contributed by atoms with E-state index in [-0.39, 0.29) is 5.78 Å². The molecule has 1 aromatic rings. The smallest absolute Gasteiger partial charge is 0.158 e. The summed E-state index contributed by atoms with van der Waals surface area (Å²) in [6, 6.07) is 0. The summed E-state index contributed by atoms with van der Waals surface area (Å²) in [6.07, 6.45) is 2.79. The number of aryl methyl sites for hydroxylation is 2. The van der Waals surface area contributed by atoms with Gasteiger partial charge in [-0.05, 0) is 35.7 Å². The molecule has 5 heteroatoms. The summed E-state index contributed by atoms with van der Waals surface area (Å²) in [5.41, 5.74) is 7.21. The van der Waals surface area contributed by atoms with E-state index >= 15 is 0 Å². The summed E-state index contributed by atoms with van der Waals surface area (Å²) in [7, 11) is 1.86. The topological polar surface area (TPSA) is 60.9 Å². The van der Waals surface area contributed by atoms with E-state index in [1.165, 1.54) is 0 Å². The zero-order valence-electron chi connectivity index (χ0n) is 11.6. The average Bonchev–Trinajstić information content (AvgIpc) is 2.56. The zero-order valence-corrected chi connectivity index (χ0v) is 13.2. The van der Waals surface area contributed by atoms with Gasteiger partial charge in [0.15, 0.2) is 5.78 Å². The van der Waals surface area contributed by atoms with Gasteiger partial charge in [-0.3, -0.25) is 9.48 Å². The largest absolute Gasteiger partial charge is 0.319 e. The molecule has 0 aliphatic carbocycles. The summed E-state index contributed by atoms with van der Waals surface area (Å²) in [4.78, 5) is 12.2. The third kappa shape index (κ3) is 3.20. The van der Waals surface area contributed by atoms with E-state index in [4.69, 9.17) is 5.73 Å². The van der Waals surface area contributed by atoms with Gasteiger partial charge < -0.3 is 5.73 Å². The first-order valence-electron chi connectivity index (χ1n) is 6.35. The van der Waals surface area contributed by atoms with Gasteiger partial charge in [0.05, 0.1) is 27.8 Å². The van der Waals surface area contributed by atoms with Crippen LogP contribution < -0.4 is 5.73 Å². The summed E-state index contributed by atoms with van der Waals surface area (Å²) >= 11 is 3.52. The van der Waals surface area contributed by atoms with Gasteiger partial charge in [-0.25, -0.2) is 0 Å². The first kappa shape index (κ1) is 15.4. The minimum Gasteiger partial charge on any atom is -0.319 e. The van der Waals surface area contributed by atoms with E-state index in [0.717, 1.165) is 28.7 Å². The molecule has 1 aromatic heterocycles. The number of nitrogens with zero attached hydrogens (tertiary/aromatic N) is 2. The molecular formula is C13H22BrN3O. The minimum absolute atomic E-state index is 0.0655. The maximum atomic E-state index is 12.2. The minimum atomic E-state index is -0.745. The van der Waals surface area contributed by atoms with Gasteiger partial charge in [0, 0.05) is 7.05 Å². The van der Waals surface area contributed by atoms with E-state index < -0.39 is 5.54 Å². The van der Waals surface area contributed by atoms with Crippen LogP contribution in [0.15, 0.2) is 4.47 Å². The van der Waals surface area contributed by atoms with Crippen LogP contribution >= 0.6 is 15.9 Å². The summed E-state index contributed by atoms with van der Waals surface area (Å²) in [6.45, 7) is 5.89. The van der Waals surface area contributed by atoms with E-state index in [1.807, 2.05) is 27.8 Å². The molecule has 0 amide bonds. The normalized spacial score (nSPS) is 14.6. The Morgan fingerprint density at radius 2 is 2.11 bits per heavy atom. The standard InChI is InChI=1S/C13H22BrN3O/c1-5-7-13(3,15)11(18)8-10-12(14)9(6-2)16-17(10)4/h5-8,15H2,1-4H3. The van der Waals surface area contributed by atoms with Crippen molar-refractivity contribution in [3.8, 4) is 0 Å². The number of Topliss-reactive ketones (excluding diaryl/α,β-unsaturated/α-hetero) is 1. The molecule has 1 heterocycles. The highest BCUT2D eigenvalue weighted by Crippen LogP contribution is 2.24. The van der Waals surface area contributed by atoms with Crippen LogP contribution in [-0.2, 0) is 24.7 Å². The Labute approximate surface area is 117 Å². The van der Waals surface area contributed by atoms with Gasteiger partial charge in [0.1, 0.15) is 0 Å². The quantitative estimate of drug-likeness (QED) is 0.876. The van der Waals surface area contributed by atoms with Crippen molar-refractivity contribution >= 4 is 21.7 Å². The molecule has 1 atom stereocenters. The Kier molecular flexibility index (Phi) is 5.10. The molecular weight excluding hydrogens is 294 g/mol. The number of carbonyl (C=O) groups excluding carboxylic acids is 1. The second-order valence-corrected chi connectivity index (χ2v) is 5.74. The molecule has 2 N–H and O–H groups in total. The van der Waals surface area contributed by atoms with Crippen molar-refractivity contribution < 1.29 is 4.79 Å². The van der Waals surface area contributed by atoms with Crippen LogP contribution in [0.25, 0.3) is 0 Å². The number of carbonyl (C=O) groups is 1. The van der Waals surface area contributed by atoms with Gasteiger partial charge >= 0.3 is 0 Å². The number of hydrogen-bond acceptors (Lipinski definition) is 3. The number of halogens is 1. The number of rotatable bonds is 6. The molecule has 0 saturated carbocycles. The number of ketones is 1. The van der Waals surface area contributed by atoms with Crippen molar-refractivity contribution in [3.05, 3.63) is 15.9 Å². The molecule has 0 bridgehead atoms. The summed E-state index contributed by atoms with van der Waals surface area (Å²) in [5, 5.41) is 4.39. The van der Waals surface area contributed by atoms with Crippen molar-refractivity contribution in [1.82, 2.24) is 9.78 Å². The van der Waals surface area contributed by atoms with Crippen molar-refractivity contribution in [2.24, 2.45) is 12.8 Å². The fraction of sp³-hybridized carbons (Fsp3) is 0.692. The van der Waals surface area contributed by atoms with Gasteiger partial charge in [-0.1, -0.05) is 20.3 Å². The number of hydrogen-bond donors (Lipinski definition) is 1. The molecule has 0 aromatic carbocycles. The molecule has 18 heavy (non-hydrogen) atoms. The SMILES string of the molecule is CCCC(C)(N)C(=O)Cc1c(Br)c(CC)nn1C. The number of aromatic nitrogens is 2.